The first-order valence-corrected chi connectivity index (χ1v) is 12.4. The second-order valence-electron chi connectivity index (χ2n) is 8.12. The molecule has 4 N–H and O–H groups in total. The van der Waals surface area contributed by atoms with Crippen molar-refractivity contribution < 1.29 is 34.8 Å². The smallest absolute Gasteiger partial charge is 0.333 e. The zero-order valence-electron chi connectivity index (χ0n) is 19.8. The van der Waals surface area contributed by atoms with Gasteiger partial charge in [0.15, 0.2) is 6.10 Å². The molecule has 0 aromatic heterocycles. The van der Waals surface area contributed by atoms with Gasteiger partial charge < -0.3 is 30.1 Å². The standard InChI is InChI=1S/C21H25N3O2S.C4H6O5/c25-14-16-26-15-13-23-9-11-24(12-10-23)21-17-5-1-3-7-19(17)27-20-8-4-2-6-18(20)22-21;5-2(4(8)9)1-3(6)7/h1-8,25H,9-16H2;2,5H,1H2,(H,6,7)(H,8,9). The molecule has 2 aliphatic rings. The molecule has 2 aromatic carbocycles. The van der Waals surface area contributed by atoms with Crippen LogP contribution >= 0.6 is 11.8 Å². The van der Waals surface area contributed by atoms with Gasteiger partial charge in [0.25, 0.3) is 0 Å². The zero-order valence-corrected chi connectivity index (χ0v) is 20.6. The first-order valence-electron chi connectivity index (χ1n) is 11.6. The summed E-state index contributed by atoms with van der Waals surface area (Å²) in [5.41, 5.74) is 2.27. The number of hydrogen-bond acceptors (Lipinski definition) is 9. The van der Waals surface area contributed by atoms with E-state index in [1.165, 1.54) is 15.4 Å². The van der Waals surface area contributed by atoms with Crippen LogP contribution in [0.5, 0.6) is 0 Å². The predicted molar refractivity (Wildman–Crippen MR) is 135 cm³/mol. The van der Waals surface area contributed by atoms with Crippen molar-refractivity contribution in [1.82, 2.24) is 9.80 Å². The van der Waals surface area contributed by atoms with Gasteiger partial charge in [-0.25, -0.2) is 9.79 Å². The van der Waals surface area contributed by atoms with E-state index in [1.807, 2.05) is 0 Å². The van der Waals surface area contributed by atoms with Crippen molar-refractivity contribution in [2.45, 2.75) is 22.3 Å². The number of para-hydroxylation sites is 1. The summed E-state index contributed by atoms with van der Waals surface area (Å²) in [7, 11) is 0. The Morgan fingerprint density at radius 3 is 2.28 bits per heavy atom. The molecular formula is C25H31N3O7S. The van der Waals surface area contributed by atoms with E-state index in [9.17, 15) is 9.59 Å². The molecule has 4 rings (SSSR count). The van der Waals surface area contributed by atoms with Gasteiger partial charge >= 0.3 is 11.9 Å². The van der Waals surface area contributed by atoms with Crippen LogP contribution in [0.4, 0.5) is 5.69 Å². The van der Waals surface area contributed by atoms with Crippen LogP contribution in [0.25, 0.3) is 0 Å². The number of piperazine rings is 1. The molecule has 1 saturated heterocycles. The van der Waals surface area contributed by atoms with Gasteiger partial charge in [0, 0.05) is 48.1 Å². The van der Waals surface area contributed by atoms with Crippen molar-refractivity contribution >= 4 is 35.2 Å². The predicted octanol–water partition coefficient (Wildman–Crippen LogP) is 1.76. The molecule has 0 radical (unpaired) electrons. The van der Waals surface area contributed by atoms with Gasteiger partial charge in [-0.2, -0.15) is 0 Å². The Kier molecular flexibility index (Phi) is 10.7. The molecule has 1 fully saturated rings. The molecule has 2 heterocycles. The Hall–Kier alpha value is -2.96. The number of aliphatic hydroxyl groups is 2. The first kappa shape index (κ1) is 27.6. The number of amidine groups is 1. The number of benzene rings is 2. The molecule has 0 saturated carbocycles. The van der Waals surface area contributed by atoms with Crippen LogP contribution in [0.15, 0.2) is 63.3 Å². The van der Waals surface area contributed by atoms with E-state index in [-0.39, 0.29) is 6.61 Å². The number of aliphatic imine (C=N–C) groups is 1. The number of aliphatic hydroxyl groups excluding tert-OH is 2. The Morgan fingerprint density at radius 2 is 1.64 bits per heavy atom. The molecule has 2 aliphatic heterocycles. The van der Waals surface area contributed by atoms with Crippen molar-refractivity contribution in [3.05, 3.63) is 54.1 Å². The van der Waals surface area contributed by atoms with Gasteiger partial charge in [0.1, 0.15) is 5.84 Å². The molecule has 1 atom stereocenters. The molecule has 0 aliphatic carbocycles. The number of hydrogen-bond donors (Lipinski definition) is 4. The zero-order chi connectivity index (χ0) is 25.9. The quantitative estimate of drug-likeness (QED) is 0.383. The van der Waals surface area contributed by atoms with Crippen LogP contribution in [0, 0.1) is 0 Å². The topological polar surface area (TPSA) is 143 Å². The number of carboxylic acid groups (broad SMARTS) is 2. The highest BCUT2D eigenvalue weighted by Crippen LogP contribution is 2.40. The van der Waals surface area contributed by atoms with Crippen LogP contribution < -0.4 is 0 Å². The minimum absolute atomic E-state index is 0.0898. The van der Waals surface area contributed by atoms with E-state index >= 15 is 0 Å². The van der Waals surface area contributed by atoms with Crippen LogP contribution in [-0.2, 0) is 14.3 Å². The number of aliphatic carboxylic acids is 2. The monoisotopic (exact) mass is 517 g/mol. The number of carboxylic acids is 2. The third kappa shape index (κ3) is 8.04. The molecule has 10 nitrogen and oxygen atoms in total. The van der Waals surface area contributed by atoms with E-state index in [1.54, 1.807) is 11.8 Å². The van der Waals surface area contributed by atoms with Crippen molar-refractivity contribution in [1.29, 1.82) is 0 Å². The van der Waals surface area contributed by atoms with Crippen molar-refractivity contribution in [3.8, 4) is 0 Å². The molecule has 0 amide bonds. The van der Waals surface area contributed by atoms with Gasteiger partial charge in [-0.3, -0.25) is 9.69 Å². The van der Waals surface area contributed by atoms with E-state index in [2.05, 4.69) is 58.3 Å². The maximum Gasteiger partial charge on any atom is 0.333 e. The minimum atomic E-state index is -1.79. The summed E-state index contributed by atoms with van der Waals surface area (Å²) >= 11 is 1.80. The Morgan fingerprint density at radius 1 is 0.972 bits per heavy atom. The number of nitrogens with zero attached hydrogens (tertiary/aromatic N) is 3. The maximum absolute atomic E-state index is 9.72. The summed E-state index contributed by atoms with van der Waals surface area (Å²) in [6.45, 7) is 6.01. The molecule has 36 heavy (non-hydrogen) atoms. The highest BCUT2D eigenvalue weighted by atomic mass is 32.2. The summed E-state index contributed by atoms with van der Waals surface area (Å²) in [6.07, 6.45) is -2.54. The molecular weight excluding hydrogens is 486 g/mol. The van der Waals surface area contributed by atoms with Crippen LogP contribution in [0.3, 0.4) is 0 Å². The van der Waals surface area contributed by atoms with E-state index in [4.69, 9.17) is 30.2 Å². The Labute approximate surface area is 213 Å². The lowest BCUT2D eigenvalue weighted by molar-refractivity contribution is -0.152. The van der Waals surface area contributed by atoms with Gasteiger partial charge in [-0.05, 0) is 18.2 Å². The van der Waals surface area contributed by atoms with Gasteiger partial charge in [-0.1, -0.05) is 42.1 Å². The van der Waals surface area contributed by atoms with Gasteiger partial charge in [0.2, 0.25) is 0 Å². The fourth-order valence-corrected chi connectivity index (χ4v) is 4.72. The van der Waals surface area contributed by atoms with E-state index < -0.39 is 24.5 Å². The first-order chi connectivity index (χ1) is 17.4. The number of rotatable bonds is 8. The summed E-state index contributed by atoms with van der Waals surface area (Å²) in [5.74, 6) is -1.76. The lowest BCUT2D eigenvalue weighted by Crippen LogP contribution is -2.49. The fourth-order valence-electron chi connectivity index (χ4n) is 3.71. The number of fused-ring (bicyclic) bond motifs is 2. The summed E-state index contributed by atoms with van der Waals surface area (Å²) < 4.78 is 5.40. The second kappa shape index (κ2) is 14.0. The largest absolute Gasteiger partial charge is 0.481 e. The van der Waals surface area contributed by atoms with Crippen LogP contribution in [0.2, 0.25) is 0 Å². The lowest BCUT2D eigenvalue weighted by Gasteiger charge is -2.36. The molecule has 0 bridgehead atoms. The molecule has 2 aromatic rings. The average molecular weight is 518 g/mol. The fraction of sp³-hybridized carbons (Fsp3) is 0.400. The molecule has 0 spiro atoms. The van der Waals surface area contributed by atoms with Crippen molar-refractivity contribution in [2.24, 2.45) is 4.99 Å². The Bertz CT molecular complexity index is 1060. The van der Waals surface area contributed by atoms with E-state index in [0.29, 0.717) is 13.2 Å². The summed E-state index contributed by atoms with van der Waals surface area (Å²) in [5, 5.41) is 32.9. The van der Waals surface area contributed by atoms with Crippen molar-refractivity contribution in [2.75, 3.05) is 52.5 Å². The summed E-state index contributed by atoms with van der Waals surface area (Å²) in [6, 6.07) is 16.9. The molecule has 194 valence electrons. The average Bonchev–Trinajstić information content (AvgIpc) is 3.04. The van der Waals surface area contributed by atoms with Crippen LogP contribution in [-0.4, -0.2) is 107 Å². The normalized spacial score (nSPS) is 15.9. The minimum Gasteiger partial charge on any atom is -0.481 e. The third-order valence-corrected chi connectivity index (χ3v) is 6.69. The number of ether oxygens (including phenoxy) is 1. The maximum atomic E-state index is 9.72. The second-order valence-corrected chi connectivity index (χ2v) is 9.20. The highest BCUT2D eigenvalue weighted by Gasteiger charge is 2.25. The van der Waals surface area contributed by atoms with Crippen LogP contribution in [0.1, 0.15) is 12.0 Å². The Balaban J connectivity index is 0.000000345. The molecule has 11 heteroatoms. The van der Waals surface area contributed by atoms with Gasteiger partial charge in [-0.15, -0.1) is 0 Å². The van der Waals surface area contributed by atoms with Crippen molar-refractivity contribution in [3.63, 3.8) is 0 Å². The highest BCUT2D eigenvalue weighted by molar-refractivity contribution is 7.99. The summed E-state index contributed by atoms with van der Waals surface area (Å²) in [4.78, 5) is 31.8. The SMILES string of the molecule is O=C(O)CC(O)C(=O)O.OCCOCCN1CCN(C2=Nc3ccccc3Sc3ccccc32)CC1. The number of carbonyl (C=O) groups is 2. The van der Waals surface area contributed by atoms with Gasteiger partial charge in [0.05, 0.1) is 31.9 Å². The van der Waals surface area contributed by atoms with E-state index in [0.717, 1.165) is 44.2 Å². The third-order valence-electron chi connectivity index (χ3n) is 5.55. The molecule has 1 unspecified atom stereocenters. The lowest BCUT2D eigenvalue weighted by atomic mass is 10.1.